The molecule has 0 saturated carbocycles. The number of anilines is 2. The second-order valence-corrected chi connectivity index (χ2v) is 10.6. The molecule has 5 rings (SSSR count). The van der Waals surface area contributed by atoms with Gasteiger partial charge in [-0.1, -0.05) is 35.5 Å². The number of amides is 1. The van der Waals surface area contributed by atoms with Gasteiger partial charge in [0.2, 0.25) is 0 Å². The first kappa shape index (κ1) is 24.5. The molecule has 3 aromatic carbocycles. The lowest BCUT2D eigenvalue weighted by atomic mass is 10.2. The van der Waals surface area contributed by atoms with Crippen LogP contribution < -0.4 is 9.80 Å². The van der Waals surface area contributed by atoms with E-state index in [4.69, 9.17) is 21.3 Å². The number of benzene rings is 3. The molecule has 3 aromatic rings. The predicted octanol–water partition coefficient (Wildman–Crippen LogP) is 7.00. The zero-order chi connectivity index (χ0) is 25.4. The first-order chi connectivity index (χ1) is 17.4. The average Bonchev–Trinajstić information content (AvgIpc) is 3.35. The second kappa shape index (κ2) is 10.0. The fourth-order valence-electron chi connectivity index (χ4n) is 3.89. The van der Waals surface area contributed by atoms with Gasteiger partial charge < -0.3 is 9.64 Å². The summed E-state index contributed by atoms with van der Waals surface area (Å²) in [5, 5.41) is 2.02. The number of fused-ring (bicyclic) bond motifs is 1. The van der Waals surface area contributed by atoms with Crippen LogP contribution in [0.1, 0.15) is 22.8 Å². The highest BCUT2D eigenvalue weighted by atomic mass is 35.5. The minimum absolute atomic E-state index is 0.138. The summed E-state index contributed by atoms with van der Waals surface area (Å²) in [6.45, 7) is 4.07. The van der Waals surface area contributed by atoms with E-state index in [1.54, 1.807) is 47.9 Å². The normalized spacial score (nSPS) is 18.2. The Morgan fingerprint density at radius 3 is 2.56 bits per heavy atom. The van der Waals surface area contributed by atoms with E-state index in [0.717, 1.165) is 26.9 Å². The molecule has 2 aliphatic heterocycles. The molecule has 2 aliphatic rings. The molecule has 1 saturated heterocycles. The fourth-order valence-corrected chi connectivity index (χ4v) is 6.38. The van der Waals surface area contributed by atoms with E-state index < -0.39 is 0 Å². The number of halogens is 1. The van der Waals surface area contributed by atoms with Gasteiger partial charge in [0, 0.05) is 17.0 Å². The Bertz CT molecular complexity index is 1440. The van der Waals surface area contributed by atoms with Crippen molar-refractivity contribution in [2.45, 2.75) is 18.7 Å². The second-order valence-electron chi connectivity index (χ2n) is 8.15. The highest BCUT2D eigenvalue weighted by Crippen LogP contribution is 2.51. The quantitative estimate of drug-likeness (QED) is 0.265. The molecule has 1 fully saturated rings. The van der Waals surface area contributed by atoms with Crippen molar-refractivity contribution in [1.82, 2.24) is 0 Å². The molecule has 1 amide bonds. The van der Waals surface area contributed by atoms with Crippen molar-refractivity contribution >= 4 is 69.2 Å². The Morgan fingerprint density at radius 2 is 1.83 bits per heavy atom. The molecule has 182 valence electrons. The highest BCUT2D eigenvalue weighted by molar-refractivity contribution is 8.20. The van der Waals surface area contributed by atoms with Gasteiger partial charge in [0.15, 0.2) is 5.17 Å². The van der Waals surface area contributed by atoms with Crippen molar-refractivity contribution in [1.29, 1.82) is 0 Å². The lowest BCUT2D eigenvalue weighted by Crippen LogP contribution is -2.29. The maximum atomic E-state index is 13.8. The van der Waals surface area contributed by atoms with Crippen molar-refractivity contribution < 1.29 is 14.3 Å². The summed E-state index contributed by atoms with van der Waals surface area (Å²) < 4.78 is 5.06. The first-order valence-electron chi connectivity index (χ1n) is 11.3. The standard InChI is InChI=1S/C27H22ClN3O3S2/c1-4-34-26(33)17-8-11-19(12-9-17)29-27-31(20-7-5-6-16(2)14-20)24(32)23(36-27)25-30(3)21-15-18(28)10-13-22(21)35-25/h5-15H,4H2,1-3H3/b25-23-,29-27?. The number of hydrogen-bond acceptors (Lipinski definition) is 7. The number of rotatable bonds is 4. The third-order valence-electron chi connectivity index (χ3n) is 5.63. The number of hydrogen-bond donors (Lipinski definition) is 0. The van der Waals surface area contributed by atoms with E-state index >= 15 is 0 Å². The van der Waals surface area contributed by atoms with Crippen molar-refractivity contribution in [2.24, 2.45) is 4.99 Å². The van der Waals surface area contributed by atoms with Gasteiger partial charge in [0.25, 0.3) is 5.91 Å². The first-order valence-corrected chi connectivity index (χ1v) is 13.3. The van der Waals surface area contributed by atoms with Gasteiger partial charge in [-0.2, -0.15) is 0 Å². The van der Waals surface area contributed by atoms with Crippen LogP contribution in [0.25, 0.3) is 0 Å². The van der Waals surface area contributed by atoms with Crippen LogP contribution in [-0.4, -0.2) is 30.7 Å². The Labute approximate surface area is 223 Å². The van der Waals surface area contributed by atoms with E-state index in [1.807, 2.05) is 61.3 Å². The van der Waals surface area contributed by atoms with Crippen LogP contribution in [0.2, 0.25) is 5.02 Å². The van der Waals surface area contributed by atoms with E-state index in [2.05, 4.69) is 0 Å². The number of aliphatic imine (C=N–C) groups is 1. The number of carbonyl (C=O) groups excluding carboxylic acids is 2. The summed E-state index contributed by atoms with van der Waals surface area (Å²) in [6, 6.07) is 20.3. The minimum Gasteiger partial charge on any atom is -0.462 e. The zero-order valence-electron chi connectivity index (χ0n) is 19.8. The summed E-state index contributed by atoms with van der Waals surface area (Å²) in [6.07, 6.45) is 0. The number of nitrogens with zero attached hydrogens (tertiary/aromatic N) is 3. The SMILES string of the molecule is CCOC(=O)c1ccc(N=C2S/C(=C3\Sc4ccc(Cl)cc4N3C)C(=O)N2c2cccc(C)c2)cc1. The molecule has 6 nitrogen and oxygen atoms in total. The van der Waals surface area contributed by atoms with Gasteiger partial charge in [-0.05, 0) is 85.8 Å². The maximum Gasteiger partial charge on any atom is 0.338 e. The van der Waals surface area contributed by atoms with E-state index in [0.29, 0.717) is 33.0 Å². The maximum absolute atomic E-state index is 13.8. The van der Waals surface area contributed by atoms with Gasteiger partial charge in [0.1, 0.15) is 4.91 Å². The molecular weight excluding hydrogens is 514 g/mol. The number of aryl methyl sites for hydroxylation is 1. The molecule has 36 heavy (non-hydrogen) atoms. The largest absolute Gasteiger partial charge is 0.462 e. The molecule has 0 bridgehead atoms. The smallest absolute Gasteiger partial charge is 0.338 e. The molecule has 0 radical (unpaired) electrons. The lowest BCUT2D eigenvalue weighted by molar-refractivity contribution is -0.113. The van der Waals surface area contributed by atoms with Crippen molar-refractivity contribution in [3.63, 3.8) is 0 Å². The Kier molecular flexibility index (Phi) is 6.83. The van der Waals surface area contributed by atoms with Gasteiger partial charge in [-0.3, -0.25) is 9.69 Å². The van der Waals surface area contributed by atoms with Gasteiger partial charge in [-0.15, -0.1) is 0 Å². The van der Waals surface area contributed by atoms with Crippen LogP contribution >= 0.6 is 35.1 Å². The van der Waals surface area contributed by atoms with Crippen LogP contribution in [-0.2, 0) is 9.53 Å². The van der Waals surface area contributed by atoms with Gasteiger partial charge in [0.05, 0.1) is 34.3 Å². The highest BCUT2D eigenvalue weighted by Gasteiger charge is 2.40. The zero-order valence-corrected chi connectivity index (χ0v) is 22.2. The molecule has 0 N–H and O–H groups in total. The lowest BCUT2D eigenvalue weighted by Gasteiger charge is -2.17. The Morgan fingerprint density at radius 1 is 1.06 bits per heavy atom. The third-order valence-corrected chi connectivity index (χ3v) is 8.26. The molecule has 0 unspecified atom stereocenters. The summed E-state index contributed by atoms with van der Waals surface area (Å²) in [7, 11) is 1.94. The van der Waals surface area contributed by atoms with Crippen molar-refractivity contribution in [3.8, 4) is 0 Å². The van der Waals surface area contributed by atoms with Gasteiger partial charge in [-0.25, -0.2) is 9.79 Å². The van der Waals surface area contributed by atoms with Crippen molar-refractivity contribution in [2.75, 3.05) is 23.5 Å². The topological polar surface area (TPSA) is 62.2 Å². The van der Waals surface area contributed by atoms with Crippen LogP contribution in [0.4, 0.5) is 17.1 Å². The average molecular weight is 536 g/mol. The molecule has 2 heterocycles. The number of thioether (sulfide) groups is 2. The Balaban J connectivity index is 1.55. The van der Waals surface area contributed by atoms with E-state index in [1.165, 1.54) is 11.8 Å². The summed E-state index contributed by atoms with van der Waals surface area (Å²) in [5.74, 6) is -0.516. The number of amidine groups is 1. The third kappa shape index (κ3) is 4.64. The molecule has 0 aliphatic carbocycles. The van der Waals surface area contributed by atoms with Gasteiger partial charge >= 0.3 is 5.97 Å². The molecule has 9 heteroatoms. The summed E-state index contributed by atoms with van der Waals surface area (Å²) >= 11 is 9.10. The van der Waals surface area contributed by atoms with Crippen LogP contribution in [0.3, 0.4) is 0 Å². The predicted molar refractivity (Wildman–Crippen MR) is 148 cm³/mol. The summed E-state index contributed by atoms with van der Waals surface area (Å²) in [4.78, 5) is 35.9. The molecule has 0 spiro atoms. The van der Waals surface area contributed by atoms with Crippen LogP contribution in [0.15, 0.2) is 86.6 Å². The number of esters is 1. The fraction of sp³-hybridized carbons (Fsp3) is 0.148. The van der Waals surface area contributed by atoms with E-state index in [9.17, 15) is 9.59 Å². The molecular formula is C27H22ClN3O3S2. The number of ether oxygens (including phenoxy) is 1. The van der Waals surface area contributed by atoms with Crippen molar-refractivity contribution in [3.05, 3.63) is 92.8 Å². The number of carbonyl (C=O) groups is 2. The van der Waals surface area contributed by atoms with Crippen LogP contribution in [0.5, 0.6) is 0 Å². The molecule has 0 atom stereocenters. The van der Waals surface area contributed by atoms with Crippen LogP contribution in [0, 0.1) is 6.92 Å². The summed E-state index contributed by atoms with van der Waals surface area (Å²) in [5.41, 5.74) is 3.83. The molecule has 0 aromatic heterocycles. The monoisotopic (exact) mass is 535 g/mol. The van der Waals surface area contributed by atoms with E-state index in [-0.39, 0.29) is 11.9 Å². The minimum atomic E-state index is -0.378. The Hall–Kier alpha value is -3.20.